The molecule has 1 atom stereocenters. The summed E-state index contributed by atoms with van der Waals surface area (Å²) in [6.07, 6.45) is 6.68. The molecular formula is C11H25NO2S. The predicted molar refractivity (Wildman–Crippen MR) is 65.7 cm³/mol. The Balaban J connectivity index is 3.50. The zero-order valence-electron chi connectivity index (χ0n) is 10.0. The van der Waals surface area contributed by atoms with Crippen LogP contribution < -0.4 is 5.73 Å². The van der Waals surface area contributed by atoms with E-state index in [2.05, 4.69) is 6.92 Å². The van der Waals surface area contributed by atoms with Gasteiger partial charge in [-0.3, -0.25) is 0 Å². The van der Waals surface area contributed by atoms with Gasteiger partial charge in [0.2, 0.25) is 0 Å². The van der Waals surface area contributed by atoms with E-state index >= 15 is 0 Å². The summed E-state index contributed by atoms with van der Waals surface area (Å²) < 4.78 is 22.9. The predicted octanol–water partition coefficient (Wildman–Crippen LogP) is 2.11. The molecule has 0 aromatic carbocycles. The molecule has 0 heterocycles. The molecular weight excluding hydrogens is 210 g/mol. The minimum atomic E-state index is -2.90. The second-order valence-corrected chi connectivity index (χ2v) is 6.59. The van der Waals surface area contributed by atoms with Crippen molar-refractivity contribution in [2.24, 2.45) is 5.73 Å². The zero-order valence-corrected chi connectivity index (χ0v) is 10.9. The van der Waals surface area contributed by atoms with Crippen molar-refractivity contribution >= 4 is 9.84 Å². The summed E-state index contributed by atoms with van der Waals surface area (Å²) >= 11 is 0. The highest BCUT2D eigenvalue weighted by Gasteiger charge is 2.12. The van der Waals surface area contributed by atoms with Crippen molar-refractivity contribution < 1.29 is 8.42 Å². The Kier molecular flexibility index (Phi) is 8.06. The van der Waals surface area contributed by atoms with Crippen LogP contribution >= 0.6 is 0 Å². The number of rotatable bonds is 9. The van der Waals surface area contributed by atoms with Gasteiger partial charge in [-0.05, 0) is 13.3 Å². The first-order valence-corrected chi connectivity index (χ1v) is 7.76. The van der Waals surface area contributed by atoms with E-state index in [0.29, 0.717) is 5.75 Å². The van der Waals surface area contributed by atoms with Gasteiger partial charge >= 0.3 is 0 Å². The fraction of sp³-hybridized carbons (Fsp3) is 1.00. The highest BCUT2D eigenvalue weighted by molar-refractivity contribution is 7.91. The number of hydrogen-bond acceptors (Lipinski definition) is 3. The van der Waals surface area contributed by atoms with Crippen molar-refractivity contribution in [1.82, 2.24) is 0 Å². The molecule has 0 fully saturated rings. The molecule has 0 amide bonds. The zero-order chi connectivity index (χ0) is 11.7. The van der Waals surface area contributed by atoms with Gasteiger partial charge < -0.3 is 5.73 Å². The van der Waals surface area contributed by atoms with Crippen LogP contribution in [0.5, 0.6) is 0 Å². The van der Waals surface area contributed by atoms with E-state index in [1.807, 2.05) is 0 Å². The first-order chi connectivity index (χ1) is 6.98. The summed E-state index contributed by atoms with van der Waals surface area (Å²) in [7, 11) is -2.90. The Morgan fingerprint density at radius 2 is 1.60 bits per heavy atom. The van der Waals surface area contributed by atoms with Crippen molar-refractivity contribution in [2.75, 3.05) is 11.5 Å². The lowest BCUT2D eigenvalue weighted by atomic mass is 10.1. The second-order valence-electron chi connectivity index (χ2n) is 4.36. The molecule has 0 aliphatic rings. The highest BCUT2D eigenvalue weighted by Crippen LogP contribution is 2.07. The third-order valence-electron chi connectivity index (χ3n) is 2.33. The molecule has 0 saturated carbocycles. The molecule has 0 spiro atoms. The number of unbranched alkanes of at least 4 members (excludes halogenated alkanes) is 5. The Hall–Kier alpha value is -0.0900. The van der Waals surface area contributed by atoms with Crippen LogP contribution in [0.4, 0.5) is 0 Å². The van der Waals surface area contributed by atoms with Crippen LogP contribution in [0.1, 0.15) is 52.4 Å². The molecule has 2 N–H and O–H groups in total. The lowest BCUT2D eigenvalue weighted by Crippen LogP contribution is -2.27. The first-order valence-electron chi connectivity index (χ1n) is 5.94. The van der Waals surface area contributed by atoms with Crippen molar-refractivity contribution in [3.63, 3.8) is 0 Å². The summed E-state index contributed by atoms with van der Waals surface area (Å²) in [5.41, 5.74) is 5.47. The van der Waals surface area contributed by atoms with Crippen molar-refractivity contribution in [1.29, 1.82) is 0 Å². The maximum absolute atomic E-state index is 11.4. The van der Waals surface area contributed by atoms with Crippen LogP contribution in [0.15, 0.2) is 0 Å². The molecule has 4 heteroatoms. The van der Waals surface area contributed by atoms with Crippen LogP contribution in [0, 0.1) is 0 Å². The van der Waals surface area contributed by atoms with Crippen molar-refractivity contribution in [3.8, 4) is 0 Å². The van der Waals surface area contributed by atoms with Crippen molar-refractivity contribution in [3.05, 3.63) is 0 Å². The molecule has 0 bridgehead atoms. The van der Waals surface area contributed by atoms with Crippen molar-refractivity contribution in [2.45, 2.75) is 58.4 Å². The van der Waals surface area contributed by atoms with Crippen LogP contribution in [-0.4, -0.2) is 26.0 Å². The van der Waals surface area contributed by atoms with Crippen LogP contribution in [-0.2, 0) is 9.84 Å². The standard InChI is InChI=1S/C11H25NO2S/c1-3-4-5-6-7-8-9-15(13,14)10-11(2)12/h11H,3-10,12H2,1-2H3. The van der Waals surface area contributed by atoms with Gasteiger partial charge in [-0.25, -0.2) is 8.42 Å². The molecule has 3 nitrogen and oxygen atoms in total. The van der Waals surface area contributed by atoms with E-state index in [9.17, 15) is 8.42 Å². The Labute approximate surface area is 94.4 Å². The Bertz CT molecular complexity index is 235. The van der Waals surface area contributed by atoms with E-state index in [-0.39, 0.29) is 11.8 Å². The van der Waals surface area contributed by atoms with Gasteiger partial charge in [0.1, 0.15) is 0 Å². The summed E-state index contributed by atoms with van der Waals surface area (Å²) in [4.78, 5) is 0. The van der Waals surface area contributed by atoms with E-state index < -0.39 is 9.84 Å². The minimum absolute atomic E-state index is 0.127. The SMILES string of the molecule is CCCCCCCCS(=O)(=O)CC(C)N. The molecule has 0 aliphatic carbocycles. The third-order valence-corrected chi connectivity index (χ3v) is 4.27. The largest absolute Gasteiger partial charge is 0.327 e. The maximum atomic E-state index is 11.4. The van der Waals surface area contributed by atoms with Gasteiger partial charge in [0.15, 0.2) is 9.84 Å². The topological polar surface area (TPSA) is 60.2 Å². The molecule has 0 radical (unpaired) electrons. The summed E-state index contributed by atoms with van der Waals surface area (Å²) in [6.45, 7) is 3.91. The number of sulfone groups is 1. The average Bonchev–Trinajstić information content (AvgIpc) is 2.08. The Morgan fingerprint density at radius 3 is 2.13 bits per heavy atom. The van der Waals surface area contributed by atoms with Gasteiger partial charge in [0.25, 0.3) is 0 Å². The fourth-order valence-electron chi connectivity index (χ4n) is 1.59. The smallest absolute Gasteiger partial charge is 0.151 e. The quantitative estimate of drug-likeness (QED) is 0.623. The molecule has 0 aromatic heterocycles. The number of hydrogen-bond donors (Lipinski definition) is 1. The maximum Gasteiger partial charge on any atom is 0.151 e. The lowest BCUT2D eigenvalue weighted by Gasteiger charge is -2.06. The summed E-state index contributed by atoms with van der Waals surface area (Å²) in [5.74, 6) is 0.433. The fourth-order valence-corrected chi connectivity index (χ4v) is 3.20. The summed E-state index contributed by atoms with van der Waals surface area (Å²) in [5, 5.41) is 0. The van der Waals surface area contributed by atoms with Gasteiger partial charge in [-0.2, -0.15) is 0 Å². The van der Waals surface area contributed by atoms with Gasteiger partial charge in [-0.1, -0.05) is 39.0 Å². The lowest BCUT2D eigenvalue weighted by molar-refractivity contribution is 0.578. The van der Waals surface area contributed by atoms with Gasteiger partial charge in [0, 0.05) is 6.04 Å². The third kappa shape index (κ3) is 10.2. The molecule has 0 aliphatic heterocycles. The number of nitrogens with two attached hydrogens (primary N) is 1. The monoisotopic (exact) mass is 235 g/mol. The molecule has 15 heavy (non-hydrogen) atoms. The van der Waals surface area contributed by atoms with E-state index in [1.165, 1.54) is 19.3 Å². The van der Waals surface area contributed by atoms with E-state index in [1.54, 1.807) is 6.92 Å². The second kappa shape index (κ2) is 8.11. The molecule has 92 valence electrons. The summed E-state index contributed by atoms with van der Waals surface area (Å²) in [6, 6.07) is -0.241. The molecule has 1 unspecified atom stereocenters. The highest BCUT2D eigenvalue weighted by atomic mass is 32.2. The minimum Gasteiger partial charge on any atom is -0.327 e. The van der Waals surface area contributed by atoms with Gasteiger partial charge in [0.05, 0.1) is 11.5 Å². The first kappa shape index (κ1) is 14.9. The van der Waals surface area contributed by atoms with Crippen LogP contribution in [0.3, 0.4) is 0 Å². The van der Waals surface area contributed by atoms with E-state index in [0.717, 1.165) is 19.3 Å². The average molecular weight is 235 g/mol. The normalized spacial score (nSPS) is 14.1. The van der Waals surface area contributed by atoms with Crippen LogP contribution in [0.25, 0.3) is 0 Å². The molecule has 0 aromatic rings. The van der Waals surface area contributed by atoms with Crippen LogP contribution in [0.2, 0.25) is 0 Å². The molecule has 0 rings (SSSR count). The Morgan fingerprint density at radius 1 is 1.07 bits per heavy atom. The van der Waals surface area contributed by atoms with E-state index in [4.69, 9.17) is 5.73 Å². The van der Waals surface area contributed by atoms with Gasteiger partial charge in [-0.15, -0.1) is 0 Å². The molecule has 0 saturated heterocycles.